The van der Waals surface area contributed by atoms with Crippen molar-refractivity contribution >= 4 is 17.3 Å². The van der Waals surface area contributed by atoms with Gasteiger partial charge in [-0.2, -0.15) is 0 Å². The van der Waals surface area contributed by atoms with Gasteiger partial charge in [0, 0.05) is 25.0 Å². The molecule has 0 radical (unpaired) electrons. The van der Waals surface area contributed by atoms with E-state index in [1.54, 1.807) is 11.3 Å². The number of rotatable bonds is 5. The largest absolute Gasteiger partial charge is 0.481 e. The van der Waals surface area contributed by atoms with Gasteiger partial charge in [0.15, 0.2) is 0 Å². The van der Waals surface area contributed by atoms with E-state index in [1.165, 1.54) is 5.01 Å². The van der Waals surface area contributed by atoms with Gasteiger partial charge < -0.3 is 5.11 Å². The van der Waals surface area contributed by atoms with E-state index in [-0.39, 0.29) is 5.92 Å². The highest BCUT2D eigenvalue weighted by Gasteiger charge is 2.32. The van der Waals surface area contributed by atoms with E-state index in [4.69, 9.17) is 5.11 Å². The van der Waals surface area contributed by atoms with E-state index in [0.29, 0.717) is 13.1 Å². The van der Waals surface area contributed by atoms with Gasteiger partial charge in [-0.25, -0.2) is 4.98 Å². The number of aryl methyl sites for hydroxylation is 1. The zero-order valence-corrected chi connectivity index (χ0v) is 10.2. The maximum absolute atomic E-state index is 10.6. The maximum atomic E-state index is 10.6. The number of carboxylic acids is 1. The molecule has 1 aromatic heterocycles. The van der Waals surface area contributed by atoms with Crippen molar-refractivity contribution < 1.29 is 9.90 Å². The van der Waals surface area contributed by atoms with Crippen LogP contribution in [0.2, 0.25) is 0 Å². The third-order valence-electron chi connectivity index (χ3n) is 2.76. The lowest BCUT2D eigenvalue weighted by atomic mass is 10.0. The topological polar surface area (TPSA) is 53.4 Å². The Hall–Kier alpha value is -0.940. The summed E-state index contributed by atoms with van der Waals surface area (Å²) >= 11 is 1.70. The molecule has 1 aromatic rings. The number of thiazole rings is 1. The molecule has 2 rings (SSSR count). The van der Waals surface area contributed by atoms with Gasteiger partial charge in [0.2, 0.25) is 0 Å². The van der Waals surface area contributed by atoms with Crippen molar-refractivity contribution in [2.24, 2.45) is 5.92 Å². The van der Waals surface area contributed by atoms with E-state index in [0.717, 1.165) is 25.1 Å². The summed E-state index contributed by atoms with van der Waals surface area (Å²) in [5.41, 5.74) is 1.08. The van der Waals surface area contributed by atoms with Crippen LogP contribution in [0.4, 0.5) is 0 Å². The van der Waals surface area contributed by atoms with Crippen molar-refractivity contribution in [1.29, 1.82) is 0 Å². The number of aliphatic carboxylic acids is 1. The van der Waals surface area contributed by atoms with Crippen molar-refractivity contribution in [3.05, 3.63) is 16.1 Å². The monoisotopic (exact) mass is 240 g/mol. The number of carboxylic acid groups (broad SMARTS) is 1. The fraction of sp³-hybridized carbons (Fsp3) is 0.636. The van der Waals surface area contributed by atoms with Gasteiger partial charge in [-0.05, 0) is 12.8 Å². The minimum Gasteiger partial charge on any atom is -0.481 e. The van der Waals surface area contributed by atoms with Gasteiger partial charge in [0.25, 0.3) is 0 Å². The summed E-state index contributed by atoms with van der Waals surface area (Å²) in [6, 6.07) is 0. The molecule has 0 aliphatic carbocycles. The molecule has 2 heterocycles. The van der Waals surface area contributed by atoms with Crippen molar-refractivity contribution in [1.82, 2.24) is 9.88 Å². The second-order valence-electron chi connectivity index (χ2n) is 4.21. The highest BCUT2D eigenvalue weighted by Crippen LogP contribution is 2.20. The molecule has 0 amide bonds. The van der Waals surface area contributed by atoms with E-state index in [1.807, 2.05) is 0 Å². The fourth-order valence-corrected chi connectivity index (χ4v) is 2.73. The fourth-order valence-electron chi connectivity index (χ4n) is 1.83. The lowest BCUT2D eigenvalue weighted by Gasteiger charge is -2.35. The van der Waals surface area contributed by atoms with Crippen molar-refractivity contribution in [2.45, 2.75) is 26.3 Å². The highest BCUT2D eigenvalue weighted by molar-refractivity contribution is 7.09. The van der Waals surface area contributed by atoms with Gasteiger partial charge >= 0.3 is 5.97 Å². The molecule has 0 atom stereocenters. The Bertz CT molecular complexity index is 372. The van der Waals surface area contributed by atoms with Gasteiger partial charge in [-0.1, -0.05) is 6.92 Å². The molecule has 0 spiro atoms. The summed E-state index contributed by atoms with van der Waals surface area (Å²) in [5.74, 6) is -0.852. The molecule has 88 valence electrons. The Labute approximate surface area is 98.9 Å². The smallest absolute Gasteiger partial charge is 0.309 e. The molecule has 0 unspecified atom stereocenters. The standard InChI is InChI=1S/C11H16N2O2S/c1-2-3-10-12-9(7-16-10)6-13-4-8(5-13)11(14)15/h7-8H,2-6H2,1H3,(H,14,15). The van der Waals surface area contributed by atoms with Crippen LogP contribution in [0.15, 0.2) is 5.38 Å². The van der Waals surface area contributed by atoms with Crippen LogP contribution in [-0.2, 0) is 17.8 Å². The van der Waals surface area contributed by atoms with E-state index >= 15 is 0 Å². The van der Waals surface area contributed by atoms with Crippen LogP contribution in [0, 0.1) is 5.92 Å². The van der Waals surface area contributed by atoms with Crippen molar-refractivity contribution in [3.8, 4) is 0 Å². The zero-order valence-electron chi connectivity index (χ0n) is 9.35. The van der Waals surface area contributed by atoms with Crippen LogP contribution in [0.1, 0.15) is 24.0 Å². The third kappa shape index (κ3) is 2.59. The minimum absolute atomic E-state index is 0.172. The summed E-state index contributed by atoms with van der Waals surface area (Å²) in [7, 11) is 0. The van der Waals surface area contributed by atoms with Crippen LogP contribution in [0.25, 0.3) is 0 Å². The number of hydrogen-bond donors (Lipinski definition) is 1. The SMILES string of the molecule is CCCc1nc(CN2CC(C(=O)O)C2)cs1. The molecule has 5 heteroatoms. The van der Waals surface area contributed by atoms with Gasteiger partial charge in [-0.15, -0.1) is 11.3 Å². The molecule has 1 fully saturated rings. The van der Waals surface area contributed by atoms with E-state index in [9.17, 15) is 4.79 Å². The molecule has 16 heavy (non-hydrogen) atoms. The second-order valence-corrected chi connectivity index (χ2v) is 5.15. The molecule has 0 aromatic carbocycles. The number of carbonyl (C=O) groups is 1. The number of nitrogens with zero attached hydrogens (tertiary/aromatic N) is 2. The predicted molar refractivity (Wildman–Crippen MR) is 62.5 cm³/mol. The summed E-state index contributed by atoms with van der Waals surface area (Å²) in [4.78, 5) is 17.3. The maximum Gasteiger partial charge on any atom is 0.309 e. The molecule has 1 N–H and O–H groups in total. The Balaban J connectivity index is 1.80. The Kier molecular flexibility index (Phi) is 3.56. The summed E-state index contributed by atoms with van der Waals surface area (Å²) < 4.78 is 0. The molecule has 0 bridgehead atoms. The first-order valence-electron chi connectivity index (χ1n) is 5.57. The summed E-state index contributed by atoms with van der Waals surface area (Å²) in [5, 5.41) is 12.0. The molecule has 4 nitrogen and oxygen atoms in total. The van der Waals surface area contributed by atoms with Crippen LogP contribution in [0.3, 0.4) is 0 Å². The summed E-state index contributed by atoms with van der Waals surface area (Å²) in [6.07, 6.45) is 2.17. The third-order valence-corrected chi connectivity index (χ3v) is 3.71. The zero-order chi connectivity index (χ0) is 11.5. The summed E-state index contributed by atoms with van der Waals surface area (Å²) in [6.45, 7) is 4.27. The number of likely N-dealkylation sites (tertiary alicyclic amines) is 1. The minimum atomic E-state index is -0.679. The first kappa shape index (κ1) is 11.5. The lowest BCUT2D eigenvalue weighted by molar-refractivity contribution is -0.147. The molecular formula is C11H16N2O2S. The van der Waals surface area contributed by atoms with Crippen LogP contribution < -0.4 is 0 Å². The predicted octanol–water partition coefficient (Wildman–Crippen LogP) is 1.61. The second kappa shape index (κ2) is 4.93. The first-order valence-corrected chi connectivity index (χ1v) is 6.45. The number of hydrogen-bond acceptors (Lipinski definition) is 4. The van der Waals surface area contributed by atoms with Gasteiger partial charge in [0.1, 0.15) is 0 Å². The van der Waals surface area contributed by atoms with E-state index in [2.05, 4.69) is 22.2 Å². The van der Waals surface area contributed by atoms with Gasteiger partial charge in [0.05, 0.1) is 16.6 Å². The van der Waals surface area contributed by atoms with Crippen molar-refractivity contribution in [2.75, 3.05) is 13.1 Å². The van der Waals surface area contributed by atoms with Crippen LogP contribution >= 0.6 is 11.3 Å². The molecular weight excluding hydrogens is 224 g/mol. The Morgan fingerprint density at radius 2 is 2.44 bits per heavy atom. The van der Waals surface area contributed by atoms with E-state index < -0.39 is 5.97 Å². The molecule has 1 aliphatic rings. The van der Waals surface area contributed by atoms with Crippen LogP contribution in [-0.4, -0.2) is 34.0 Å². The number of aromatic nitrogens is 1. The first-order chi connectivity index (χ1) is 7.69. The normalized spacial score (nSPS) is 17.3. The Morgan fingerprint density at radius 3 is 3.06 bits per heavy atom. The van der Waals surface area contributed by atoms with Crippen molar-refractivity contribution in [3.63, 3.8) is 0 Å². The Morgan fingerprint density at radius 1 is 1.69 bits per heavy atom. The average molecular weight is 240 g/mol. The molecule has 1 saturated heterocycles. The van der Waals surface area contributed by atoms with Crippen LogP contribution in [0.5, 0.6) is 0 Å². The quantitative estimate of drug-likeness (QED) is 0.849. The lowest BCUT2D eigenvalue weighted by Crippen LogP contribution is -2.49. The van der Waals surface area contributed by atoms with Gasteiger partial charge in [-0.3, -0.25) is 9.69 Å². The highest BCUT2D eigenvalue weighted by atomic mass is 32.1. The average Bonchev–Trinajstić information content (AvgIpc) is 2.58. The molecule has 1 aliphatic heterocycles. The molecule has 0 saturated carbocycles.